The second-order valence-electron chi connectivity index (χ2n) is 5.67. The van der Waals surface area contributed by atoms with Crippen LogP contribution in [0.2, 0.25) is 5.15 Å². The molecule has 1 amide bonds. The average molecular weight is 336 g/mol. The van der Waals surface area contributed by atoms with Crippen molar-refractivity contribution in [2.45, 2.75) is 26.7 Å². The van der Waals surface area contributed by atoms with Crippen LogP contribution in [-0.2, 0) is 7.05 Å². The van der Waals surface area contributed by atoms with Crippen molar-refractivity contribution >= 4 is 17.5 Å². The zero-order valence-corrected chi connectivity index (χ0v) is 14.6. The molecule has 2 rings (SSSR count). The number of hydrogen-bond acceptors (Lipinski definition) is 3. The van der Waals surface area contributed by atoms with Crippen molar-refractivity contribution < 1.29 is 9.53 Å². The molecule has 124 valence electrons. The first-order valence-corrected chi connectivity index (χ1v) is 7.98. The number of aromatic nitrogens is 2. The second-order valence-corrected chi connectivity index (χ2v) is 6.03. The first kappa shape index (κ1) is 17.3. The van der Waals surface area contributed by atoms with Gasteiger partial charge < -0.3 is 10.1 Å². The molecule has 0 aliphatic heterocycles. The summed E-state index contributed by atoms with van der Waals surface area (Å²) < 4.78 is 7.27. The number of halogens is 1. The fourth-order valence-electron chi connectivity index (χ4n) is 2.39. The number of para-hydroxylation sites is 1. The van der Waals surface area contributed by atoms with Crippen LogP contribution in [0.25, 0.3) is 0 Å². The van der Waals surface area contributed by atoms with E-state index in [0.717, 1.165) is 11.3 Å². The third-order valence-electron chi connectivity index (χ3n) is 3.57. The molecule has 0 bridgehead atoms. The molecule has 0 aliphatic carbocycles. The van der Waals surface area contributed by atoms with Crippen LogP contribution in [-0.4, -0.2) is 28.8 Å². The lowest BCUT2D eigenvalue weighted by Crippen LogP contribution is -2.28. The van der Waals surface area contributed by atoms with Crippen LogP contribution >= 0.6 is 11.6 Å². The Morgan fingerprint density at radius 2 is 2.09 bits per heavy atom. The van der Waals surface area contributed by atoms with Gasteiger partial charge in [-0.3, -0.25) is 9.48 Å². The molecular weight excluding hydrogens is 314 g/mol. The maximum atomic E-state index is 12.2. The molecule has 0 radical (unpaired) electrons. The van der Waals surface area contributed by atoms with Crippen LogP contribution in [0.15, 0.2) is 24.3 Å². The van der Waals surface area contributed by atoms with E-state index in [1.807, 2.05) is 18.2 Å². The van der Waals surface area contributed by atoms with Gasteiger partial charge in [-0.05, 0) is 24.5 Å². The molecule has 0 unspecified atom stereocenters. The molecule has 1 aromatic carbocycles. The van der Waals surface area contributed by atoms with Crippen LogP contribution in [0.1, 0.15) is 41.4 Å². The molecular formula is C17H22ClN3O2. The van der Waals surface area contributed by atoms with Gasteiger partial charge in [0.1, 0.15) is 17.5 Å². The van der Waals surface area contributed by atoms with Crippen LogP contribution in [0.5, 0.6) is 5.75 Å². The van der Waals surface area contributed by atoms with Crippen molar-refractivity contribution in [2.24, 2.45) is 7.05 Å². The number of hydrogen-bond donors (Lipinski definition) is 1. The molecule has 0 fully saturated rings. The minimum Gasteiger partial charge on any atom is -0.491 e. The fraction of sp³-hybridized carbons (Fsp3) is 0.412. The van der Waals surface area contributed by atoms with E-state index in [2.05, 4.69) is 30.3 Å². The number of amides is 1. The number of rotatable bonds is 6. The average Bonchev–Trinajstić information content (AvgIpc) is 2.76. The van der Waals surface area contributed by atoms with Crippen molar-refractivity contribution in [1.29, 1.82) is 0 Å². The molecule has 1 aromatic heterocycles. The van der Waals surface area contributed by atoms with Gasteiger partial charge >= 0.3 is 0 Å². The molecule has 0 aliphatic rings. The minimum absolute atomic E-state index is 0.235. The number of nitrogens with zero attached hydrogens (tertiary/aromatic N) is 2. The van der Waals surface area contributed by atoms with E-state index < -0.39 is 0 Å². The predicted molar refractivity (Wildman–Crippen MR) is 91.3 cm³/mol. The largest absolute Gasteiger partial charge is 0.491 e. The van der Waals surface area contributed by atoms with E-state index in [1.54, 1.807) is 14.0 Å². The lowest BCUT2D eigenvalue weighted by Gasteiger charge is -2.14. The fourth-order valence-corrected chi connectivity index (χ4v) is 2.65. The van der Waals surface area contributed by atoms with Gasteiger partial charge in [-0.15, -0.1) is 0 Å². The summed E-state index contributed by atoms with van der Waals surface area (Å²) in [6, 6.07) is 7.94. The summed E-state index contributed by atoms with van der Waals surface area (Å²) in [5, 5.41) is 7.28. The number of benzene rings is 1. The molecule has 23 heavy (non-hydrogen) atoms. The first-order chi connectivity index (χ1) is 10.9. The summed E-state index contributed by atoms with van der Waals surface area (Å²) in [7, 11) is 1.71. The number of nitrogens with one attached hydrogen (secondary N) is 1. The van der Waals surface area contributed by atoms with Crippen molar-refractivity contribution in [1.82, 2.24) is 15.1 Å². The zero-order valence-electron chi connectivity index (χ0n) is 13.9. The SMILES string of the molecule is Cc1nn(C)c(Cl)c1C(=O)NCCOc1ccccc1C(C)C. The highest BCUT2D eigenvalue weighted by molar-refractivity contribution is 6.33. The normalized spacial score (nSPS) is 10.9. The standard InChI is InChI=1S/C17H22ClN3O2/c1-11(2)13-7-5-6-8-14(13)23-10-9-19-17(22)15-12(3)20-21(4)16(15)18/h5-8,11H,9-10H2,1-4H3,(H,19,22). The third kappa shape index (κ3) is 4.05. The van der Waals surface area contributed by atoms with Gasteiger partial charge in [0.15, 0.2) is 0 Å². The molecule has 1 N–H and O–H groups in total. The first-order valence-electron chi connectivity index (χ1n) is 7.60. The molecule has 2 aromatic rings. The Morgan fingerprint density at radius 1 is 1.39 bits per heavy atom. The van der Waals surface area contributed by atoms with Crippen LogP contribution in [0.3, 0.4) is 0 Å². The maximum absolute atomic E-state index is 12.2. The second kappa shape index (κ2) is 7.51. The van der Waals surface area contributed by atoms with Gasteiger partial charge in [0.2, 0.25) is 0 Å². The Labute approximate surface area is 141 Å². The van der Waals surface area contributed by atoms with Crippen LogP contribution in [0.4, 0.5) is 0 Å². The summed E-state index contributed by atoms with van der Waals surface area (Å²) in [5.74, 6) is 1.01. The summed E-state index contributed by atoms with van der Waals surface area (Å²) in [5.41, 5.74) is 2.18. The van der Waals surface area contributed by atoms with E-state index in [-0.39, 0.29) is 5.91 Å². The highest BCUT2D eigenvalue weighted by atomic mass is 35.5. The quantitative estimate of drug-likeness (QED) is 0.824. The van der Waals surface area contributed by atoms with Gasteiger partial charge in [-0.2, -0.15) is 5.10 Å². The highest BCUT2D eigenvalue weighted by Gasteiger charge is 2.18. The number of ether oxygens (including phenoxy) is 1. The number of carbonyl (C=O) groups excluding carboxylic acids is 1. The van der Waals surface area contributed by atoms with Gasteiger partial charge in [0.05, 0.1) is 17.8 Å². The lowest BCUT2D eigenvalue weighted by molar-refractivity contribution is 0.0946. The van der Waals surface area contributed by atoms with Crippen molar-refractivity contribution in [2.75, 3.05) is 13.2 Å². The number of aryl methyl sites for hydroxylation is 2. The molecule has 0 atom stereocenters. The number of carbonyl (C=O) groups is 1. The molecule has 0 spiro atoms. The molecule has 1 heterocycles. The van der Waals surface area contributed by atoms with E-state index in [1.165, 1.54) is 4.68 Å². The Balaban J connectivity index is 1.90. The summed E-state index contributed by atoms with van der Waals surface area (Å²) in [6.45, 7) is 6.80. The van der Waals surface area contributed by atoms with Crippen LogP contribution in [0, 0.1) is 6.92 Å². The Bertz CT molecular complexity index is 695. The zero-order chi connectivity index (χ0) is 17.0. The molecule has 5 nitrogen and oxygen atoms in total. The molecule has 6 heteroatoms. The van der Waals surface area contributed by atoms with E-state index >= 15 is 0 Å². The van der Waals surface area contributed by atoms with Crippen molar-refractivity contribution in [3.8, 4) is 5.75 Å². The Kier molecular flexibility index (Phi) is 5.66. The monoisotopic (exact) mass is 335 g/mol. The Hall–Kier alpha value is -2.01. The molecule has 0 saturated heterocycles. The molecule has 0 saturated carbocycles. The van der Waals surface area contributed by atoms with Gasteiger partial charge in [0, 0.05) is 7.05 Å². The van der Waals surface area contributed by atoms with E-state index in [9.17, 15) is 4.79 Å². The van der Waals surface area contributed by atoms with Gasteiger partial charge in [-0.1, -0.05) is 43.6 Å². The Morgan fingerprint density at radius 3 is 2.70 bits per heavy atom. The van der Waals surface area contributed by atoms with Gasteiger partial charge in [-0.25, -0.2) is 0 Å². The van der Waals surface area contributed by atoms with E-state index in [4.69, 9.17) is 16.3 Å². The summed E-state index contributed by atoms with van der Waals surface area (Å²) in [4.78, 5) is 12.2. The van der Waals surface area contributed by atoms with Crippen LogP contribution < -0.4 is 10.1 Å². The van der Waals surface area contributed by atoms with Crippen molar-refractivity contribution in [3.05, 3.63) is 46.2 Å². The summed E-state index contributed by atoms with van der Waals surface area (Å²) >= 11 is 6.08. The van der Waals surface area contributed by atoms with E-state index in [0.29, 0.717) is 35.5 Å². The van der Waals surface area contributed by atoms with Gasteiger partial charge in [0.25, 0.3) is 5.91 Å². The third-order valence-corrected chi connectivity index (χ3v) is 4.00. The maximum Gasteiger partial charge on any atom is 0.256 e. The minimum atomic E-state index is -0.235. The van der Waals surface area contributed by atoms with Crippen molar-refractivity contribution in [3.63, 3.8) is 0 Å². The smallest absolute Gasteiger partial charge is 0.256 e. The summed E-state index contributed by atoms with van der Waals surface area (Å²) in [6.07, 6.45) is 0. The highest BCUT2D eigenvalue weighted by Crippen LogP contribution is 2.25. The predicted octanol–water partition coefficient (Wildman–Crippen LogP) is 3.31. The topological polar surface area (TPSA) is 56.2 Å². The lowest BCUT2D eigenvalue weighted by atomic mass is 10.0.